The van der Waals surface area contributed by atoms with Gasteiger partial charge >= 0.3 is 0 Å². The molecule has 0 aromatic heterocycles. The molecule has 7 heteroatoms. The van der Waals surface area contributed by atoms with Gasteiger partial charge in [0.05, 0.1) is 32.8 Å². The van der Waals surface area contributed by atoms with Gasteiger partial charge in [0.2, 0.25) is 5.91 Å². The summed E-state index contributed by atoms with van der Waals surface area (Å²) in [6.45, 7) is 4.61. The van der Waals surface area contributed by atoms with Gasteiger partial charge in [-0.25, -0.2) is 8.78 Å². The molecule has 0 saturated carbocycles. The molecule has 0 fully saturated rings. The number of methoxy groups -OCH3 is 1. The molecule has 0 bridgehead atoms. The average molecular weight is 453 g/mol. The molecule has 0 aliphatic carbocycles. The second kappa shape index (κ2) is 9.48. The van der Waals surface area contributed by atoms with Crippen LogP contribution in [0.2, 0.25) is 0 Å². The number of anilines is 1. The Labute approximate surface area is 191 Å². The number of halogens is 2. The SMILES string of the molecule is CCOc1cc2c(cc1OCC)C(c1ccc(F)c(F)c1)N(c1ccc(OC)cc1)C(=O)C2. The van der Waals surface area contributed by atoms with Gasteiger partial charge in [-0.15, -0.1) is 0 Å². The van der Waals surface area contributed by atoms with Gasteiger partial charge in [0.15, 0.2) is 23.1 Å². The summed E-state index contributed by atoms with van der Waals surface area (Å²) in [6, 6.07) is 13.7. The highest BCUT2D eigenvalue weighted by atomic mass is 19.2. The Hall–Kier alpha value is -3.61. The van der Waals surface area contributed by atoms with Crippen LogP contribution in [0.25, 0.3) is 0 Å². The Morgan fingerprint density at radius 3 is 2.18 bits per heavy atom. The van der Waals surface area contributed by atoms with Crippen LogP contribution in [0.15, 0.2) is 54.6 Å². The molecule has 1 aliphatic heterocycles. The van der Waals surface area contributed by atoms with Crippen molar-refractivity contribution >= 4 is 11.6 Å². The minimum absolute atomic E-state index is 0.133. The van der Waals surface area contributed by atoms with E-state index in [9.17, 15) is 13.6 Å². The molecule has 4 rings (SSSR count). The minimum Gasteiger partial charge on any atom is -0.497 e. The number of amides is 1. The first-order chi connectivity index (χ1) is 16.0. The van der Waals surface area contributed by atoms with Crippen molar-refractivity contribution in [2.75, 3.05) is 25.2 Å². The highest BCUT2D eigenvalue weighted by Crippen LogP contribution is 2.43. The van der Waals surface area contributed by atoms with Crippen LogP contribution in [0.5, 0.6) is 17.2 Å². The summed E-state index contributed by atoms with van der Waals surface area (Å²) < 4.78 is 44.8. The molecule has 0 N–H and O–H groups in total. The second-order valence-corrected chi connectivity index (χ2v) is 7.58. The monoisotopic (exact) mass is 453 g/mol. The molecule has 5 nitrogen and oxygen atoms in total. The maximum Gasteiger partial charge on any atom is 0.232 e. The van der Waals surface area contributed by atoms with E-state index in [-0.39, 0.29) is 12.3 Å². The zero-order chi connectivity index (χ0) is 23.5. The van der Waals surface area contributed by atoms with Crippen LogP contribution >= 0.6 is 0 Å². The molecule has 1 aliphatic rings. The summed E-state index contributed by atoms with van der Waals surface area (Å²) in [5.74, 6) is -0.360. The molecule has 0 saturated heterocycles. The molecule has 33 heavy (non-hydrogen) atoms. The summed E-state index contributed by atoms with van der Waals surface area (Å²) in [5, 5.41) is 0. The van der Waals surface area contributed by atoms with Crippen molar-refractivity contribution in [3.63, 3.8) is 0 Å². The first kappa shape index (κ1) is 22.6. The summed E-state index contributed by atoms with van der Waals surface area (Å²) >= 11 is 0. The predicted molar refractivity (Wildman–Crippen MR) is 121 cm³/mol. The first-order valence-corrected chi connectivity index (χ1v) is 10.8. The van der Waals surface area contributed by atoms with Crippen molar-refractivity contribution in [2.24, 2.45) is 0 Å². The minimum atomic E-state index is -0.974. The van der Waals surface area contributed by atoms with Gasteiger partial charge < -0.3 is 19.1 Å². The quantitative estimate of drug-likeness (QED) is 0.477. The number of ether oxygens (including phenoxy) is 3. The highest BCUT2D eigenvalue weighted by Gasteiger charge is 2.36. The Bertz CT molecular complexity index is 1160. The van der Waals surface area contributed by atoms with Crippen LogP contribution in [0.1, 0.15) is 36.6 Å². The van der Waals surface area contributed by atoms with Crippen molar-refractivity contribution in [3.05, 3.63) is 82.9 Å². The molecular formula is C26H25F2NO4. The number of benzene rings is 3. The van der Waals surface area contributed by atoms with E-state index in [1.165, 1.54) is 6.07 Å². The molecule has 3 aromatic carbocycles. The molecule has 1 atom stereocenters. The lowest BCUT2D eigenvalue weighted by Crippen LogP contribution is -2.41. The molecule has 0 spiro atoms. The molecular weight excluding hydrogens is 428 g/mol. The van der Waals surface area contributed by atoms with Gasteiger partial charge in [0.25, 0.3) is 0 Å². The zero-order valence-electron chi connectivity index (χ0n) is 18.7. The molecule has 1 amide bonds. The first-order valence-electron chi connectivity index (χ1n) is 10.8. The van der Waals surface area contributed by atoms with E-state index in [1.54, 1.807) is 42.3 Å². The number of carbonyl (C=O) groups excluding carboxylic acids is 1. The third-order valence-electron chi connectivity index (χ3n) is 5.58. The Balaban J connectivity index is 1.92. The maximum atomic E-state index is 14.3. The molecule has 3 aromatic rings. The van der Waals surface area contributed by atoms with Crippen molar-refractivity contribution in [3.8, 4) is 17.2 Å². The standard InChI is InChI=1S/C26H25F2NO4/c1-4-32-23-13-17-14-25(30)29(18-7-9-19(31-3)10-8-18)26(20(17)15-24(23)33-5-2)16-6-11-21(27)22(28)12-16/h6-13,15,26H,4-5,14H2,1-3H3. The number of fused-ring (bicyclic) bond motifs is 1. The van der Waals surface area contributed by atoms with Crippen molar-refractivity contribution < 1.29 is 27.8 Å². The fourth-order valence-corrected chi connectivity index (χ4v) is 4.14. The Morgan fingerprint density at radius 2 is 1.58 bits per heavy atom. The lowest BCUT2D eigenvalue weighted by atomic mass is 9.86. The number of hydrogen-bond donors (Lipinski definition) is 0. The van der Waals surface area contributed by atoms with Crippen molar-refractivity contribution in [1.82, 2.24) is 0 Å². The van der Waals surface area contributed by atoms with Gasteiger partial charge in [-0.05, 0) is 79.1 Å². The van der Waals surface area contributed by atoms with Crippen LogP contribution in [0.4, 0.5) is 14.5 Å². The summed E-state index contributed by atoms with van der Waals surface area (Å²) in [7, 11) is 1.56. The number of carbonyl (C=O) groups is 1. The smallest absolute Gasteiger partial charge is 0.232 e. The summed E-state index contributed by atoms with van der Waals surface area (Å²) in [4.78, 5) is 15.0. The van der Waals surface area contributed by atoms with E-state index in [0.717, 1.165) is 23.3 Å². The predicted octanol–water partition coefficient (Wildman–Crippen LogP) is 5.45. The fourth-order valence-electron chi connectivity index (χ4n) is 4.14. The lowest BCUT2D eigenvalue weighted by molar-refractivity contribution is -0.118. The summed E-state index contributed by atoms with van der Waals surface area (Å²) in [6.07, 6.45) is 0.133. The second-order valence-electron chi connectivity index (χ2n) is 7.58. The van der Waals surface area contributed by atoms with E-state index in [1.807, 2.05) is 19.9 Å². The normalized spacial score (nSPS) is 15.2. The van der Waals surface area contributed by atoms with Gasteiger partial charge in [0.1, 0.15) is 5.75 Å². The zero-order valence-corrected chi connectivity index (χ0v) is 18.7. The van der Waals surface area contributed by atoms with E-state index in [2.05, 4.69) is 0 Å². The van der Waals surface area contributed by atoms with Crippen LogP contribution in [0.3, 0.4) is 0 Å². The summed E-state index contributed by atoms with van der Waals surface area (Å²) in [5.41, 5.74) is 2.59. The van der Waals surface area contributed by atoms with Crippen LogP contribution < -0.4 is 19.1 Å². The van der Waals surface area contributed by atoms with E-state index < -0.39 is 17.7 Å². The fraction of sp³-hybridized carbons (Fsp3) is 0.269. The molecule has 172 valence electrons. The van der Waals surface area contributed by atoms with Crippen molar-refractivity contribution in [1.29, 1.82) is 0 Å². The van der Waals surface area contributed by atoms with Gasteiger partial charge in [0, 0.05) is 5.69 Å². The van der Waals surface area contributed by atoms with Gasteiger partial charge in [-0.1, -0.05) is 6.07 Å². The Morgan fingerprint density at radius 1 is 0.909 bits per heavy atom. The number of nitrogens with zero attached hydrogens (tertiary/aromatic N) is 1. The van der Waals surface area contributed by atoms with E-state index in [0.29, 0.717) is 41.7 Å². The van der Waals surface area contributed by atoms with E-state index >= 15 is 0 Å². The highest BCUT2D eigenvalue weighted by molar-refractivity contribution is 5.98. The number of rotatable bonds is 7. The number of hydrogen-bond acceptors (Lipinski definition) is 4. The Kier molecular flexibility index (Phi) is 6.49. The largest absolute Gasteiger partial charge is 0.497 e. The van der Waals surface area contributed by atoms with Gasteiger partial charge in [-0.2, -0.15) is 0 Å². The maximum absolute atomic E-state index is 14.3. The lowest BCUT2D eigenvalue weighted by Gasteiger charge is -2.38. The van der Waals surface area contributed by atoms with Crippen molar-refractivity contribution in [2.45, 2.75) is 26.3 Å². The molecule has 1 unspecified atom stereocenters. The average Bonchev–Trinajstić information content (AvgIpc) is 2.81. The third kappa shape index (κ3) is 4.35. The van der Waals surface area contributed by atoms with Gasteiger partial charge in [-0.3, -0.25) is 4.79 Å². The van der Waals surface area contributed by atoms with Crippen LogP contribution in [0, 0.1) is 11.6 Å². The van der Waals surface area contributed by atoms with E-state index in [4.69, 9.17) is 14.2 Å². The molecule has 1 heterocycles. The topological polar surface area (TPSA) is 48.0 Å². The molecule has 0 radical (unpaired) electrons. The third-order valence-corrected chi connectivity index (χ3v) is 5.58. The van der Waals surface area contributed by atoms with Crippen LogP contribution in [-0.4, -0.2) is 26.2 Å². The van der Waals surface area contributed by atoms with Crippen LogP contribution in [-0.2, 0) is 11.2 Å².